The second kappa shape index (κ2) is 8.03. The molecule has 1 unspecified atom stereocenters. The van der Waals surface area contributed by atoms with Crippen LogP contribution in [-0.2, 0) is 25.5 Å². The van der Waals surface area contributed by atoms with Gasteiger partial charge >= 0.3 is 5.97 Å². The van der Waals surface area contributed by atoms with Gasteiger partial charge in [-0.1, -0.05) is 0 Å². The Balaban J connectivity index is 1.58. The lowest BCUT2D eigenvalue weighted by molar-refractivity contribution is -0.155. The number of carbonyl (C=O) groups excluding carboxylic acids is 2. The first-order valence-electron chi connectivity index (χ1n) is 9.09. The highest BCUT2D eigenvalue weighted by Gasteiger charge is 2.45. The molecule has 3 rings (SSSR count). The van der Waals surface area contributed by atoms with E-state index in [1.807, 2.05) is 0 Å². The lowest BCUT2D eigenvalue weighted by Crippen LogP contribution is -2.49. The molecule has 2 aliphatic heterocycles. The number of aromatic nitrogens is 3. The van der Waals surface area contributed by atoms with Gasteiger partial charge in [0.2, 0.25) is 11.8 Å². The molecule has 10 heteroatoms. The molecule has 1 aromatic heterocycles. The third-order valence-electron chi connectivity index (χ3n) is 5.60. The summed E-state index contributed by atoms with van der Waals surface area (Å²) in [5.74, 6) is -1.33. The van der Waals surface area contributed by atoms with Gasteiger partial charge in [-0.2, -0.15) is 15.4 Å². The van der Waals surface area contributed by atoms with Crippen molar-refractivity contribution in [1.29, 1.82) is 0 Å². The van der Waals surface area contributed by atoms with E-state index in [0.717, 1.165) is 0 Å². The Hall–Kier alpha value is -2.49. The third kappa shape index (κ3) is 4.10. The molecule has 2 saturated heterocycles. The number of hydrogen-bond donors (Lipinski definition) is 2. The highest BCUT2D eigenvalue weighted by Crippen LogP contribution is 2.36. The monoisotopic (exact) mass is 379 g/mol. The van der Waals surface area contributed by atoms with Gasteiger partial charge in [-0.15, -0.1) is 0 Å². The quantitative estimate of drug-likeness (QED) is 0.655. The van der Waals surface area contributed by atoms with Crippen LogP contribution in [0.2, 0.25) is 0 Å². The maximum Gasteiger partial charge on any atom is 0.310 e. The molecule has 2 fully saturated rings. The SMILES string of the molecule is COCCN1CC(C(=O)N2CCC(Cc3cn[nH]n3)(C(=O)O)CC2)CC1=O. The molecule has 0 bridgehead atoms. The Bertz CT molecular complexity index is 684. The van der Waals surface area contributed by atoms with Gasteiger partial charge < -0.3 is 19.6 Å². The topological polar surface area (TPSA) is 129 Å². The zero-order valence-electron chi connectivity index (χ0n) is 15.4. The van der Waals surface area contributed by atoms with E-state index in [-0.39, 0.29) is 30.6 Å². The van der Waals surface area contributed by atoms with Crippen LogP contribution in [0.15, 0.2) is 6.20 Å². The number of amides is 2. The molecule has 0 radical (unpaired) electrons. The minimum atomic E-state index is -0.941. The molecule has 0 aromatic carbocycles. The Morgan fingerprint density at radius 1 is 1.41 bits per heavy atom. The van der Waals surface area contributed by atoms with E-state index in [1.165, 1.54) is 6.20 Å². The third-order valence-corrected chi connectivity index (χ3v) is 5.60. The number of likely N-dealkylation sites (tertiary alicyclic amines) is 2. The van der Waals surface area contributed by atoms with Crippen LogP contribution in [0.3, 0.4) is 0 Å². The van der Waals surface area contributed by atoms with Gasteiger partial charge in [0.15, 0.2) is 0 Å². The predicted octanol–water partition coefficient (Wildman–Crippen LogP) is -0.464. The largest absolute Gasteiger partial charge is 0.481 e. The summed E-state index contributed by atoms with van der Waals surface area (Å²) in [6, 6.07) is 0. The van der Waals surface area contributed by atoms with Crippen molar-refractivity contribution < 1.29 is 24.2 Å². The average Bonchev–Trinajstić information content (AvgIpc) is 3.29. The van der Waals surface area contributed by atoms with Crippen molar-refractivity contribution in [2.24, 2.45) is 11.3 Å². The number of aromatic amines is 1. The highest BCUT2D eigenvalue weighted by atomic mass is 16.5. The number of carboxylic acid groups (broad SMARTS) is 1. The molecule has 1 aromatic rings. The molecule has 10 nitrogen and oxygen atoms in total. The molecule has 2 N–H and O–H groups in total. The van der Waals surface area contributed by atoms with Gasteiger partial charge in [0.25, 0.3) is 0 Å². The molecule has 148 valence electrons. The standard InChI is InChI=1S/C17H25N5O5/c1-27-7-6-22-11-12(8-14(22)23)15(24)21-4-2-17(3-5-21,16(25)26)9-13-10-18-20-19-13/h10,12H,2-9,11H2,1H3,(H,25,26)(H,18,19,20). The number of aliphatic carboxylic acids is 1. The maximum absolute atomic E-state index is 12.8. The summed E-state index contributed by atoms with van der Waals surface area (Å²) in [6.07, 6.45) is 2.74. The van der Waals surface area contributed by atoms with Crippen molar-refractivity contribution in [1.82, 2.24) is 25.2 Å². The fourth-order valence-electron chi connectivity index (χ4n) is 3.89. The number of nitrogens with one attached hydrogen (secondary N) is 1. The Morgan fingerprint density at radius 2 is 2.15 bits per heavy atom. The Labute approximate surface area is 156 Å². The number of rotatable bonds is 7. The van der Waals surface area contributed by atoms with Crippen LogP contribution in [0.5, 0.6) is 0 Å². The summed E-state index contributed by atoms with van der Waals surface area (Å²) >= 11 is 0. The minimum Gasteiger partial charge on any atom is -0.481 e. The predicted molar refractivity (Wildman–Crippen MR) is 92.5 cm³/mol. The van der Waals surface area contributed by atoms with Crippen molar-refractivity contribution in [2.45, 2.75) is 25.7 Å². The molecule has 1 atom stereocenters. The number of carbonyl (C=O) groups is 3. The maximum atomic E-state index is 12.8. The summed E-state index contributed by atoms with van der Waals surface area (Å²) < 4.78 is 5.00. The van der Waals surface area contributed by atoms with Crippen LogP contribution in [0.25, 0.3) is 0 Å². The van der Waals surface area contributed by atoms with Gasteiger partial charge in [0, 0.05) is 46.1 Å². The molecular weight excluding hydrogens is 354 g/mol. The fourth-order valence-corrected chi connectivity index (χ4v) is 3.89. The number of H-pyrrole nitrogens is 1. The zero-order chi connectivity index (χ0) is 19.4. The van der Waals surface area contributed by atoms with Gasteiger partial charge in [-0.3, -0.25) is 14.4 Å². The van der Waals surface area contributed by atoms with Gasteiger partial charge in [0.05, 0.1) is 29.8 Å². The summed E-state index contributed by atoms with van der Waals surface area (Å²) in [5, 5.41) is 19.9. The van der Waals surface area contributed by atoms with Crippen molar-refractivity contribution in [3.63, 3.8) is 0 Å². The molecular formula is C17H25N5O5. The molecule has 0 aliphatic carbocycles. The highest BCUT2D eigenvalue weighted by molar-refractivity contribution is 5.89. The van der Waals surface area contributed by atoms with Crippen LogP contribution >= 0.6 is 0 Å². The van der Waals surface area contributed by atoms with Crippen LogP contribution in [0.4, 0.5) is 0 Å². The summed E-state index contributed by atoms with van der Waals surface area (Å²) in [7, 11) is 1.57. The molecule has 0 spiro atoms. The normalized spacial score (nSPS) is 22.3. The number of nitrogens with zero attached hydrogens (tertiary/aromatic N) is 4. The minimum absolute atomic E-state index is 0.0340. The van der Waals surface area contributed by atoms with E-state index in [0.29, 0.717) is 51.3 Å². The number of hydrogen-bond acceptors (Lipinski definition) is 6. The summed E-state index contributed by atoms with van der Waals surface area (Å²) in [5.41, 5.74) is -0.337. The summed E-state index contributed by atoms with van der Waals surface area (Å²) in [6.45, 7) is 2.07. The lowest BCUT2D eigenvalue weighted by atomic mass is 9.74. The zero-order valence-corrected chi connectivity index (χ0v) is 15.4. The van der Waals surface area contributed by atoms with E-state index in [9.17, 15) is 19.5 Å². The van der Waals surface area contributed by atoms with Gasteiger partial charge in [-0.25, -0.2) is 0 Å². The number of methoxy groups -OCH3 is 1. The number of carboxylic acids is 1. The van der Waals surface area contributed by atoms with Crippen LogP contribution < -0.4 is 0 Å². The lowest BCUT2D eigenvalue weighted by Gasteiger charge is -2.39. The average molecular weight is 379 g/mol. The molecule has 2 amide bonds. The van der Waals surface area contributed by atoms with Crippen molar-refractivity contribution in [3.8, 4) is 0 Å². The smallest absolute Gasteiger partial charge is 0.310 e. The molecule has 27 heavy (non-hydrogen) atoms. The van der Waals surface area contributed by atoms with E-state index < -0.39 is 11.4 Å². The number of ether oxygens (including phenoxy) is 1. The van der Waals surface area contributed by atoms with Gasteiger partial charge in [0.1, 0.15) is 0 Å². The first-order valence-corrected chi connectivity index (χ1v) is 9.09. The van der Waals surface area contributed by atoms with Crippen molar-refractivity contribution in [3.05, 3.63) is 11.9 Å². The van der Waals surface area contributed by atoms with E-state index in [2.05, 4.69) is 15.4 Å². The van der Waals surface area contributed by atoms with E-state index in [4.69, 9.17) is 4.74 Å². The molecule has 3 heterocycles. The first kappa shape index (κ1) is 19.3. The van der Waals surface area contributed by atoms with E-state index >= 15 is 0 Å². The van der Waals surface area contributed by atoms with Crippen LogP contribution in [0, 0.1) is 11.3 Å². The van der Waals surface area contributed by atoms with Crippen molar-refractivity contribution >= 4 is 17.8 Å². The first-order chi connectivity index (χ1) is 12.9. The summed E-state index contributed by atoms with van der Waals surface area (Å²) in [4.78, 5) is 40.1. The van der Waals surface area contributed by atoms with Crippen LogP contribution in [0.1, 0.15) is 25.0 Å². The number of piperidine rings is 1. The fraction of sp³-hybridized carbons (Fsp3) is 0.706. The Morgan fingerprint density at radius 3 is 2.74 bits per heavy atom. The second-order valence-corrected chi connectivity index (χ2v) is 7.28. The van der Waals surface area contributed by atoms with Crippen molar-refractivity contribution in [2.75, 3.05) is 39.9 Å². The molecule has 2 aliphatic rings. The molecule has 0 saturated carbocycles. The van der Waals surface area contributed by atoms with E-state index in [1.54, 1.807) is 16.9 Å². The second-order valence-electron chi connectivity index (χ2n) is 7.28. The Kier molecular flexibility index (Phi) is 5.73. The van der Waals surface area contributed by atoms with Gasteiger partial charge in [-0.05, 0) is 12.8 Å². The van der Waals surface area contributed by atoms with Crippen LogP contribution in [-0.4, -0.2) is 88.0 Å².